The van der Waals surface area contributed by atoms with Crippen LogP contribution in [0.2, 0.25) is 5.02 Å². The average Bonchev–Trinajstić information content (AvgIpc) is 1.17. The summed E-state index contributed by atoms with van der Waals surface area (Å²) in [5.74, 6) is 4.97. The first-order valence-corrected chi connectivity index (χ1v) is 55.5. The first kappa shape index (κ1) is 101. The highest BCUT2D eigenvalue weighted by atomic mass is 35.5. The van der Waals surface area contributed by atoms with Crippen LogP contribution in [-0.4, -0.2) is 24.0 Å². The first-order valence-electron chi connectivity index (χ1n) is 49.8. The summed E-state index contributed by atoms with van der Waals surface area (Å²) in [7, 11) is -0.497. The van der Waals surface area contributed by atoms with Crippen LogP contribution in [0, 0.1) is 32.6 Å². The molecule has 16 aromatic rings. The number of hydrogen-bond donors (Lipinski definition) is 0. The number of aryl methyl sites for hydroxylation is 3. The molecule has 1 aliphatic heterocycles. The van der Waals surface area contributed by atoms with E-state index in [9.17, 15) is 0 Å². The number of rotatable bonds is 26. The third-order valence-corrected chi connectivity index (χ3v) is 38.2. The van der Waals surface area contributed by atoms with Gasteiger partial charge in [-0.15, -0.1) is 0 Å². The van der Waals surface area contributed by atoms with Gasteiger partial charge in [-0.3, -0.25) is 4.90 Å². The maximum Gasteiger partial charge on any atom is 0.0449 e. The summed E-state index contributed by atoms with van der Waals surface area (Å²) in [6, 6.07) is 147. The van der Waals surface area contributed by atoms with E-state index in [0.29, 0.717) is 29.6 Å². The standard InChI is InChI=1S/C48H40P2.C23H24ClP.C22H23P.C13H25N.2C11H16/c1-3-35(2)37-28-31-44-38(34-37)30-33-46(50(41-23-12-6-13-24-41)42-25-14-7-15-26-42)48(44)47-43-27-17-16-18-36(43)29-32-45(47)49(39-19-8-4-9-20-39)40-21-10-5-11-22-40;1-4-17(2)23-18(3)15-21(16-22(23)24)25(19-11-7-5-8-12-19)20-13-9-6-10-14-20;1-3-18(2)19-14-16-22(17-15-19)23(20-10-6-4-7-11-20)21-12-8-5-9-13-21;1-4-10(2)12-13(14(12)3)11-8-6-5-7-9-11;1-4-10(3)11-7-5-6-9(2)8-11;1-4-9(2)11-8-6-5-7-10(11)3/h4-35H,3H2,1-2H3;5-17H,4H2,1-3H3;4-18H,3H2,1-2H3;10-13H,4-9H2,1-3H3;5-8,10H,4H2,1-3H3;5-9H,4H2,1-3H3. The molecule has 9 atom stereocenters. The third kappa shape index (κ3) is 26.2. The zero-order chi connectivity index (χ0) is 94.4. The van der Waals surface area contributed by atoms with Gasteiger partial charge in [0.1, 0.15) is 0 Å². The van der Waals surface area contributed by atoms with Crippen LogP contribution in [0.1, 0.15) is 228 Å². The molecule has 0 aromatic heterocycles. The normalized spacial score (nSPS) is 15.4. The SMILES string of the molecule is CCC(C)C1C(C2CCCCC2)N1C.CCC(C)c1c(C)cc(P(c2ccccc2)c2ccccc2)cc1Cl.CCC(C)c1ccc(P(c2ccccc2)c2ccccc2)cc1.CCC(C)c1ccc2c(-c3c(P(c4ccccc4)c4ccccc4)ccc4ccccc34)c(P(c3ccccc3)c3ccccc3)ccc2c1.CCC(C)c1cccc(C)c1.CCC(C)c1ccccc1C. The molecule has 134 heavy (non-hydrogen) atoms. The molecule has 688 valence electrons. The van der Waals surface area contributed by atoms with Gasteiger partial charge in [0.25, 0.3) is 0 Å². The molecule has 0 spiro atoms. The minimum atomic E-state index is -0.875. The highest BCUT2D eigenvalue weighted by Gasteiger charge is 2.51. The lowest BCUT2D eigenvalue weighted by Gasteiger charge is -2.28. The summed E-state index contributed by atoms with van der Waals surface area (Å²) in [6.45, 7) is 33.9. The number of benzene rings is 16. The molecule has 1 aliphatic carbocycles. The number of fused-ring (bicyclic) bond motifs is 2. The van der Waals surface area contributed by atoms with E-state index in [4.69, 9.17) is 11.6 Å². The van der Waals surface area contributed by atoms with Crippen LogP contribution in [0.5, 0.6) is 0 Å². The second-order valence-corrected chi connectivity index (χ2v) is 46.4. The van der Waals surface area contributed by atoms with Crippen molar-refractivity contribution < 1.29 is 0 Å². The van der Waals surface area contributed by atoms with Gasteiger partial charge in [0, 0.05) is 17.1 Å². The molecule has 2 fully saturated rings. The molecule has 9 unspecified atom stereocenters. The van der Waals surface area contributed by atoms with Gasteiger partial charge >= 0.3 is 0 Å². The molecule has 6 heteroatoms. The van der Waals surface area contributed by atoms with Gasteiger partial charge in [-0.1, -0.05) is 514 Å². The molecule has 0 N–H and O–H groups in total. The van der Waals surface area contributed by atoms with E-state index in [1.807, 2.05) is 0 Å². The number of likely N-dealkylation sites (N-methyl/N-ethyl adjacent to an activating group) is 1. The number of halogens is 1. The van der Waals surface area contributed by atoms with E-state index >= 15 is 0 Å². The number of nitrogens with zero attached hydrogens (tertiary/aromatic N) is 1. The fourth-order valence-electron chi connectivity index (χ4n) is 19.3. The Bertz CT molecular complexity index is 6030. The predicted molar refractivity (Wildman–Crippen MR) is 602 cm³/mol. The maximum atomic E-state index is 6.74. The zero-order valence-electron chi connectivity index (χ0n) is 82.6. The Morgan fingerprint density at radius 1 is 0.291 bits per heavy atom. The molecule has 0 bridgehead atoms. The van der Waals surface area contributed by atoms with Crippen molar-refractivity contribution >= 4 is 128 Å². The van der Waals surface area contributed by atoms with Gasteiger partial charge in [0.2, 0.25) is 0 Å². The topological polar surface area (TPSA) is 3.01 Å². The summed E-state index contributed by atoms with van der Waals surface area (Å²) in [6.07, 6.45) is 14.7. The van der Waals surface area contributed by atoms with E-state index in [-0.39, 0.29) is 0 Å². The molecular weight excluding hydrogens is 1710 g/mol. The fraction of sp³-hybridized carbons (Fsp3) is 0.281. The van der Waals surface area contributed by atoms with Crippen molar-refractivity contribution in [1.82, 2.24) is 4.90 Å². The molecule has 1 nitrogen and oxygen atoms in total. The Hall–Kier alpha value is -9.99. The lowest BCUT2D eigenvalue weighted by atomic mass is 9.84. The van der Waals surface area contributed by atoms with Gasteiger partial charge in [-0.05, 0) is 287 Å². The van der Waals surface area contributed by atoms with Gasteiger partial charge in [-0.2, -0.15) is 0 Å². The highest BCUT2D eigenvalue weighted by Crippen LogP contribution is 2.48. The first-order chi connectivity index (χ1) is 65.4. The van der Waals surface area contributed by atoms with Crippen molar-refractivity contribution in [3.8, 4) is 11.1 Å². The lowest BCUT2D eigenvalue weighted by Crippen LogP contribution is -2.26. The van der Waals surface area contributed by atoms with Crippen LogP contribution in [0.4, 0.5) is 0 Å². The maximum absolute atomic E-state index is 6.74. The van der Waals surface area contributed by atoms with E-state index < -0.39 is 31.7 Å². The van der Waals surface area contributed by atoms with Crippen molar-refractivity contribution in [3.63, 3.8) is 0 Å². The van der Waals surface area contributed by atoms with Crippen molar-refractivity contribution in [2.75, 3.05) is 7.05 Å². The van der Waals surface area contributed by atoms with Crippen molar-refractivity contribution in [2.45, 2.75) is 216 Å². The van der Waals surface area contributed by atoms with Gasteiger partial charge in [0.15, 0.2) is 0 Å². The van der Waals surface area contributed by atoms with Crippen LogP contribution in [-0.2, 0) is 0 Å². The van der Waals surface area contributed by atoms with Crippen LogP contribution >= 0.6 is 43.3 Å². The lowest BCUT2D eigenvalue weighted by molar-refractivity contribution is 0.323. The molecule has 1 heterocycles. The third-order valence-electron chi connectivity index (χ3n) is 28.1. The minimum Gasteiger partial charge on any atom is -0.297 e. The van der Waals surface area contributed by atoms with E-state index in [1.54, 1.807) is 0 Å². The summed E-state index contributed by atoms with van der Waals surface area (Å²) >= 11 is 6.74. The van der Waals surface area contributed by atoms with E-state index in [0.717, 1.165) is 41.8 Å². The predicted octanol–water partition coefficient (Wildman–Crippen LogP) is 31.9. The van der Waals surface area contributed by atoms with Gasteiger partial charge in [0.05, 0.1) is 0 Å². The second kappa shape index (κ2) is 51.3. The van der Waals surface area contributed by atoms with E-state index in [1.165, 1.54) is 199 Å². The quantitative estimate of drug-likeness (QED) is 0.0386. The Kier molecular flexibility index (Phi) is 38.8. The van der Waals surface area contributed by atoms with Crippen LogP contribution < -0.4 is 63.7 Å². The van der Waals surface area contributed by atoms with Crippen LogP contribution in [0.25, 0.3) is 32.7 Å². The Morgan fingerprint density at radius 3 is 1.07 bits per heavy atom. The van der Waals surface area contributed by atoms with E-state index in [2.05, 4.69) is 510 Å². The van der Waals surface area contributed by atoms with Crippen LogP contribution in [0.3, 0.4) is 0 Å². The largest absolute Gasteiger partial charge is 0.297 e. The second-order valence-electron chi connectivity index (χ2n) is 37.1. The summed E-state index contributed by atoms with van der Waals surface area (Å²) < 4.78 is 0. The van der Waals surface area contributed by atoms with Crippen molar-refractivity contribution in [1.29, 1.82) is 0 Å². The van der Waals surface area contributed by atoms with Crippen LogP contribution in [0.15, 0.2) is 394 Å². The Morgan fingerprint density at radius 2 is 0.657 bits per heavy atom. The minimum absolute atomic E-state index is 0.482. The number of hydrogen-bond acceptors (Lipinski definition) is 1. The molecule has 16 aromatic carbocycles. The smallest absolute Gasteiger partial charge is 0.0449 e. The zero-order valence-corrected chi connectivity index (χ0v) is 86.9. The van der Waals surface area contributed by atoms with Crippen molar-refractivity contribution in [3.05, 3.63) is 444 Å². The highest BCUT2D eigenvalue weighted by molar-refractivity contribution is 7.81. The summed E-state index contributed by atoms with van der Waals surface area (Å²) in [5.41, 5.74) is 13.9. The molecule has 1 saturated carbocycles. The molecule has 2 aliphatic rings. The average molecular weight is 1860 g/mol. The van der Waals surface area contributed by atoms with Gasteiger partial charge in [-0.25, -0.2) is 0 Å². The Balaban J connectivity index is 0.000000152. The van der Waals surface area contributed by atoms with Crippen molar-refractivity contribution in [2.24, 2.45) is 11.8 Å². The molecule has 0 amide bonds. The Labute approximate surface area is 817 Å². The molecule has 0 radical (unpaired) electrons. The van der Waals surface area contributed by atoms with Gasteiger partial charge < -0.3 is 0 Å². The fourth-order valence-corrected chi connectivity index (χ4v) is 29.5. The summed E-state index contributed by atoms with van der Waals surface area (Å²) in [4.78, 5) is 2.63. The molecular formula is C128H144ClNP4. The molecule has 1 saturated heterocycles. The molecule has 18 rings (SSSR count). The summed E-state index contributed by atoms with van der Waals surface area (Å²) in [5, 5.41) is 22.6. The monoisotopic (exact) mass is 1850 g/mol.